The summed E-state index contributed by atoms with van der Waals surface area (Å²) in [6, 6.07) is 12.1. The van der Waals surface area contributed by atoms with E-state index in [0.29, 0.717) is 18.7 Å². The molecule has 29 heavy (non-hydrogen) atoms. The van der Waals surface area contributed by atoms with Crippen LogP contribution in [0, 0.1) is 13.8 Å². The quantitative estimate of drug-likeness (QED) is 0.478. The van der Waals surface area contributed by atoms with Crippen LogP contribution in [0.15, 0.2) is 60.1 Å². The van der Waals surface area contributed by atoms with Gasteiger partial charge in [0.25, 0.3) is 0 Å². The molecule has 4 aromatic rings. The third-order valence-corrected chi connectivity index (χ3v) is 5.45. The predicted molar refractivity (Wildman–Crippen MR) is 113 cm³/mol. The van der Waals surface area contributed by atoms with Gasteiger partial charge in [-0.15, -0.1) is 10.2 Å². The summed E-state index contributed by atoms with van der Waals surface area (Å²) in [4.78, 5) is 16.7. The number of amides is 1. The van der Waals surface area contributed by atoms with Crippen molar-refractivity contribution in [2.45, 2.75) is 25.4 Å². The molecule has 1 amide bonds. The van der Waals surface area contributed by atoms with E-state index < -0.39 is 0 Å². The van der Waals surface area contributed by atoms with Crippen LogP contribution < -0.4 is 5.32 Å². The van der Waals surface area contributed by atoms with E-state index in [4.69, 9.17) is 0 Å². The maximum Gasteiger partial charge on any atom is 0.230 e. The maximum atomic E-state index is 12.3. The average molecular weight is 407 g/mol. The Hall–Kier alpha value is -3.13. The van der Waals surface area contributed by atoms with Crippen LogP contribution in [0.3, 0.4) is 0 Å². The van der Waals surface area contributed by atoms with E-state index in [-0.39, 0.29) is 5.91 Å². The molecule has 0 saturated heterocycles. The van der Waals surface area contributed by atoms with Crippen molar-refractivity contribution in [2.75, 3.05) is 12.3 Å². The molecule has 0 saturated carbocycles. The van der Waals surface area contributed by atoms with Crippen molar-refractivity contribution in [3.05, 3.63) is 71.9 Å². The van der Waals surface area contributed by atoms with E-state index in [1.807, 2.05) is 39.6 Å². The van der Waals surface area contributed by atoms with E-state index in [1.54, 1.807) is 6.20 Å². The summed E-state index contributed by atoms with van der Waals surface area (Å²) in [6.45, 7) is 4.67. The summed E-state index contributed by atoms with van der Waals surface area (Å²) < 4.78 is 3.95. The number of carbonyl (C=O) groups is 1. The molecule has 0 aliphatic heterocycles. The molecule has 0 aliphatic carbocycles. The highest BCUT2D eigenvalue weighted by Crippen LogP contribution is 2.22. The van der Waals surface area contributed by atoms with Gasteiger partial charge >= 0.3 is 0 Å². The highest BCUT2D eigenvalue weighted by Gasteiger charge is 2.10. The Balaban J connectivity index is 1.32. The van der Waals surface area contributed by atoms with Gasteiger partial charge in [0, 0.05) is 37.2 Å². The van der Waals surface area contributed by atoms with Gasteiger partial charge < -0.3 is 5.32 Å². The molecule has 1 N–H and O–H groups in total. The number of aromatic nitrogens is 5. The maximum absolute atomic E-state index is 12.3. The topological polar surface area (TPSA) is 77.1 Å². The summed E-state index contributed by atoms with van der Waals surface area (Å²) in [5.41, 5.74) is 4.26. The molecule has 0 unspecified atom stereocenters. The summed E-state index contributed by atoms with van der Waals surface area (Å²) in [6.07, 6.45) is 6.23. The molecule has 148 valence electrons. The molecule has 0 radical (unpaired) electrons. The number of hydrogen-bond donors (Lipinski definition) is 1. The molecule has 0 atom stereocenters. The Labute approximate surface area is 173 Å². The lowest BCUT2D eigenvalue weighted by Crippen LogP contribution is -2.27. The van der Waals surface area contributed by atoms with Crippen LogP contribution in [0.5, 0.6) is 0 Å². The van der Waals surface area contributed by atoms with Crippen molar-refractivity contribution in [2.24, 2.45) is 0 Å². The first-order valence-corrected chi connectivity index (χ1v) is 10.4. The van der Waals surface area contributed by atoms with Crippen molar-refractivity contribution >= 4 is 23.3 Å². The van der Waals surface area contributed by atoms with Gasteiger partial charge in [0.05, 0.1) is 5.75 Å². The van der Waals surface area contributed by atoms with Crippen LogP contribution in [0.4, 0.5) is 0 Å². The van der Waals surface area contributed by atoms with Gasteiger partial charge in [-0.3, -0.25) is 13.8 Å². The molecule has 1 aromatic carbocycles. The van der Waals surface area contributed by atoms with Crippen molar-refractivity contribution in [1.29, 1.82) is 0 Å². The monoisotopic (exact) mass is 406 g/mol. The van der Waals surface area contributed by atoms with Gasteiger partial charge in [0.1, 0.15) is 5.82 Å². The van der Waals surface area contributed by atoms with Gasteiger partial charge in [0.2, 0.25) is 5.91 Å². The van der Waals surface area contributed by atoms with Crippen LogP contribution in [-0.4, -0.2) is 42.4 Å². The number of pyridine rings is 1. The zero-order chi connectivity index (χ0) is 20.2. The second-order valence-electron chi connectivity index (χ2n) is 6.86. The minimum absolute atomic E-state index is 0.0289. The second-order valence-corrected chi connectivity index (χ2v) is 7.80. The van der Waals surface area contributed by atoms with Crippen molar-refractivity contribution < 1.29 is 4.79 Å². The fourth-order valence-corrected chi connectivity index (χ4v) is 4.04. The van der Waals surface area contributed by atoms with Crippen molar-refractivity contribution in [1.82, 2.24) is 29.5 Å². The minimum atomic E-state index is -0.0289. The summed E-state index contributed by atoms with van der Waals surface area (Å²) in [5, 5.41) is 12.1. The lowest BCUT2D eigenvalue weighted by molar-refractivity contribution is -0.118. The Bertz CT molecular complexity index is 1130. The smallest absolute Gasteiger partial charge is 0.230 e. The summed E-state index contributed by atoms with van der Waals surface area (Å²) in [5.74, 6) is 1.11. The average Bonchev–Trinajstić information content (AvgIpc) is 3.33. The number of nitrogens with one attached hydrogen (secondary N) is 1. The number of hydrogen-bond acceptors (Lipinski definition) is 5. The molecule has 0 bridgehead atoms. The third-order valence-electron chi connectivity index (χ3n) is 4.48. The van der Waals surface area contributed by atoms with Crippen LogP contribution in [0.25, 0.3) is 11.3 Å². The largest absolute Gasteiger partial charge is 0.355 e. The third kappa shape index (κ3) is 4.48. The van der Waals surface area contributed by atoms with Gasteiger partial charge in [-0.2, -0.15) is 0 Å². The molecule has 3 aromatic heterocycles. The minimum Gasteiger partial charge on any atom is -0.355 e. The molecule has 0 aliphatic rings. The number of fused-ring (bicyclic) bond motifs is 1. The molecule has 4 rings (SSSR count). The standard InChI is InChI=1S/C21H22N6OS/c1-15-11-16(2)13-17(12-15)26-10-8-23-21(26)29-14-20(28)22-7-6-19-25-24-18-5-3-4-9-27(18)19/h3-5,8-13H,6-7,14H2,1-2H3,(H,22,28). The van der Waals surface area contributed by atoms with E-state index in [2.05, 4.69) is 52.5 Å². The normalized spacial score (nSPS) is 11.1. The molecular formula is C21H22N6OS. The van der Waals surface area contributed by atoms with E-state index in [9.17, 15) is 4.79 Å². The molecular weight excluding hydrogens is 384 g/mol. The fourth-order valence-electron chi connectivity index (χ4n) is 3.24. The zero-order valence-corrected chi connectivity index (χ0v) is 17.2. The second kappa shape index (κ2) is 8.48. The van der Waals surface area contributed by atoms with E-state index >= 15 is 0 Å². The summed E-state index contributed by atoms with van der Waals surface area (Å²) >= 11 is 1.43. The summed E-state index contributed by atoms with van der Waals surface area (Å²) in [7, 11) is 0. The van der Waals surface area contributed by atoms with E-state index in [0.717, 1.165) is 22.3 Å². The molecule has 0 spiro atoms. The number of thioether (sulfide) groups is 1. The van der Waals surface area contributed by atoms with Crippen molar-refractivity contribution in [3.63, 3.8) is 0 Å². The highest BCUT2D eigenvalue weighted by atomic mass is 32.2. The Kier molecular flexibility index (Phi) is 5.62. The number of aryl methyl sites for hydroxylation is 2. The lowest BCUT2D eigenvalue weighted by Gasteiger charge is -2.10. The Morgan fingerprint density at radius 2 is 1.93 bits per heavy atom. The molecule has 7 nitrogen and oxygen atoms in total. The van der Waals surface area contributed by atoms with Crippen molar-refractivity contribution in [3.8, 4) is 5.69 Å². The highest BCUT2D eigenvalue weighted by molar-refractivity contribution is 7.99. The Morgan fingerprint density at radius 1 is 1.10 bits per heavy atom. The van der Waals surface area contributed by atoms with Crippen LogP contribution >= 0.6 is 11.8 Å². The molecule has 3 heterocycles. The van der Waals surface area contributed by atoms with Gasteiger partial charge in [-0.25, -0.2) is 4.98 Å². The van der Waals surface area contributed by atoms with Gasteiger partial charge in [0.15, 0.2) is 10.8 Å². The van der Waals surface area contributed by atoms with Gasteiger partial charge in [-0.05, 0) is 49.2 Å². The number of rotatable bonds is 7. The SMILES string of the molecule is Cc1cc(C)cc(-n2ccnc2SCC(=O)NCCc2nnc3ccccn23)c1. The van der Waals surface area contributed by atoms with Crippen LogP contribution in [0.1, 0.15) is 17.0 Å². The first-order chi connectivity index (χ1) is 14.1. The van der Waals surface area contributed by atoms with Crippen LogP contribution in [-0.2, 0) is 11.2 Å². The molecule has 0 fully saturated rings. The first-order valence-electron chi connectivity index (χ1n) is 9.40. The molecule has 8 heteroatoms. The van der Waals surface area contributed by atoms with Crippen LogP contribution in [0.2, 0.25) is 0 Å². The number of benzene rings is 1. The zero-order valence-electron chi connectivity index (χ0n) is 16.4. The van der Waals surface area contributed by atoms with Gasteiger partial charge in [-0.1, -0.05) is 23.9 Å². The lowest BCUT2D eigenvalue weighted by atomic mass is 10.1. The Morgan fingerprint density at radius 3 is 2.76 bits per heavy atom. The number of imidazole rings is 1. The predicted octanol–water partition coefficient (Wildman–Crippen LogP) is 2.98. The number of carbonyl (C=O) groups excluding carboxylic acids is 1. The number of nitrogens with zero attached hydrogens (tertiary/aromatic N) is 5. The van der Waals surface area contributed by atoms with E-state index in [1.165, 1.54) is 22.9 Å². The fraction of sp³-hybridized carbons (Fsp3) is 0.238. The first kappa shape index (κ1) is 19.2.